The Morgan fingerprint density at radius 2 is 2.04 bits per heavy atom. The van der Waals surface area contributed by atoms with E-state index in [1.165, 1.54) is 23.1 Å². The van der Waals surface area contributed by atoms with E-state index < -0.39 is 36.3 Å². The highest BCUT2D eigenvalue weighted by Gasteiger charge is 2.35. The summed E-state index contributed by atoms with van der Waals surface area (Å²) >= 11 is 0. The van der Waals surface area contributed by atoms with Gasteiger partial charge in [-0.25, -0.2) is 9.59 Å². The summed E-state index contributed by atoms with van der Waals surface area (Å²) in [7, 11) is 0. The molecule has 7 nitrogen and oxygen atoms in total. The molecule has 1 aromatic carbocycles. The molecule has 0 unspecified atom stereocenters. The molecule has 1 saturated heterocycles. The number of benzene rings is 1. The van der Waals surface area contributed by atoms with Crippen LogP contribution >= 0.6 is 0 Å². The van der Waals surface area contributed by atoms with Gasteiger partial charge in [-0.15, -0.1) is 0 Å². The Balaban J connectivity index is 1.96. The van der Waals surface area contributed by atoms with Crippen molar-refractivity contribution in [3.8, 4) is 0 Å². The molecular weight excluding hydrogens is 343 g/mol. The fourth-order valence-corrected chi connectivity index (χ4v) is 3.07. The van der Waals surface area contributed by atoms with Gasteiger partial charge >= 0.3 is 17.8 Å². The van der Waals surface area contributed by atoms with Crippen LogP contribution in [-0.4, -0.2) is 50.2 Å². The molecule has 2 heterocycles. The SMILES string of the molecule is O=C(O)[C@H]1CCCN1C(=O)c1ccc2c(c1)[nH]c(=O)n2CC(F)(F)F. The zero-order valence-electron chi connectivity index (χ0n) is 12.8. The van der Waals surface area contributed by atoms with E-state index in [0.29, 0.717) is 24.0 Å². The van der Waals surface area contributed by atoms with Gasteiger partial charge in [-0.1, -0.05) is 0 Å². The van der Waals surface area contributed by atoms with E-state index in [1.807, 2.05) is 0 Å². The zero-order valence-corrected chi connectivity index (χ0v) is 12.8. The van der Waals surface area contributed by atoms with Crippen LogP contribution in [0.2, 0.25) is 0 Å². The van der Waals surface area contributed by atoms with Gasteiger partial charge in [0.15, 0.2) is 0 Å². The highest BCUT2D eigenvalue weighted by atomic mass is 19.4. The fourth-order valence-electron chi connectivity index (χ4n) is 3.07. The highest BCUT2D eigenvalue weighted by molar-refractivity contribution is 5.99. The van der Waals surface area contributed by atoms with E-state index in [9.17, 15) is 27.6 Å². The Morgan fingerprint density at radius 3 is 2.68 bits per heavy atom. The number of carbonyl (C=O) groups is 2. The number of halogens is 3. The summed E-state index contributed by atoms with van der Waals surface area (Å²) in [4.78, 5) is 38.9. The Hall–Kier alpha value is -2.78. The van der Waals surface area contributed by atoms with Crippen LogP contribution in [0.15, 0.2) is 23.0 Å². The summed E-state index contributed by atoms with van der Waals surface area (Å²) < 4.78 is 38.2. The molecule has 1 aliphatic heterocycles. The largest absolute Gasteiger partial charge is 0.480 e. The summed E-state index contributed by atoms with van der Waals surface area (Å²) in [6.07, 6.45) is -3.65. The Bertz CT molecular complexity index is 900. The average Bonchev–Trinajstić information content (AvgIpc) is 3.10. The van der Waals surface area contributed by atoms with Crippen LogP contribution < -0.4 is 5.69 Å². The van der Waals surface area contributed by atoms with Crippen molar-refractivity contribution in [3.63, 3.8) is 0 Å². The van der Waals surface area contributed by atoms with Crippen molar-refractivity contribution in [2.24, 2.45) is 0 Å². The highest BCUT2D eigenvalue weighted by Crippen LogP contribution is 2.23. The van der Waals surface area contributed by atoms with Crippen molar-refractivity contribution in [2.75, 3.05) is 6.54 Å². The monoisotopic (exact) mass is 357 g/mol. The minimum absolute atomic E-state index is 0.0232. The number of hydrogen-bond donors (Lipinski definition) is 2. The summed E-state index contributed by atoms with van der Waals surface area (Å²) in [6, 6.07) is 2.89. The van der Waals surface area contributed by atoms with Crippen molar-refractivity contribution in [2.45, 2.75) is 31.6 Å². The van der Waals surface area contributed by atoms with Gasteiger partial charge in [-0.3, -0.25) is 9.36 Å². The standard InChI is InChI=1S/C15H14F3N3O4/c16-15(17,18)7-21-10-4-3-8(6-9(10)19-14(21)25)12(22)20-5-1-2-11(20)13(23)24/h3-4,6,11H,1-2,5,7H2,(H,19,25)(H,23,24)/t11-/m1/s1. The van der Waals surface area contributed by atoms with Gasteiger partial charge in [0.1, 0.15) is 12.6 Å². The molecule has 2 N–H and O–H groups in total. The van der Waals surface area contributed by atoms with Crippen LogP contribution in [0.4, 0.5) is 13.2 Å². The molecule has 1 atom stereocenters. The third kappa shape index (κ3) is 3.24. The first-order chi connectivity index (χ1) is 11.7. The van der Waals surface area contributed by atoms with Crippen LogP contribution in [0.5, 0.6) is 0 Å². The lowest BCUT2D eigenvalue weighted by atomic mass is 10.1. The number of rotatable bonds is 3. The molecule has 0 spiro atoms. The predicted octanol–water partition coefficient (Wildman–Crippen LogP) is 1.58. The lowest BCUT2D eigenvalue weighted by Crippen LogP contribution is -2.40. The third-order valence-corrected chi connectivity index (χ3v) is 4.16. The fraction of sp³-hybridized carbons (Fsp3) is 0.400. The number of H-pyrrole nitrogens is 1. The van der Waals surface area contributed by atoms with Gasteiger partial charge in [0.2, 0.25) is 0 Å². The number of imidazole rings is 1. The molecule has 25 heavy (non-hydrogen) atoms. The molecule has 1 aromatic heterocycles. The molecular formula is C15H14F3N3O4. The molecule has 0 radical (unpaired) electrons. The van der Waals surface area contributed by atoms with Gasteiger partial charge in [-0.2, -0.15) is 13.2 Å². The van der Waals surface area contributed by atoms with Crippen LogP contribution in [-0.2, 0) is 11.3 Å². The van der Waals surface area contributed by atoms with Gasteiger partial charge in [0.25, 0.3) is 5.91 Å². The number of nitrogens with zero attached hydrogens (tertiary/aromatic N) is 2. The smallest absolute Gasteiger partial charge is 0.406 e. The van der Waals surface area contributed by atoms with E-state index in [1.54, 1.807) is 0 Å². The minimum atomic E-state index is -4.56. The molecule has 10 heteroatoms. The first-order valence-electron chi connectivity index (χ1n) is 7.50. The number of carbonyl (C=O) groups excluding carboxylic acids is 1. The molecule has 3 rings (SSSR count). The quantitative estimate of drug-likeness (QED) is 0.872. The molecule has 1 fully saturated rings. The second kappa shape index (κ2) is 5.94. The van der Waals surface area contributed by atoms with E-state index in [2.05, 4.69) is 4.98 Å². The first kappa shape index (κ1) is 17.1. The normalized spacial score (nSPS) is 18.0. The summed E-state index contributed by atoms with van der Waals surface area (Å²) in [5.74, 6) is -1.63. The topological polar surface area (TPSA) is 95.4 Å². The van der Waals surface area contributed by atoms with Gasteiger partial charge in [-0.05, 0) is 31.0 Å². The van der Waals surface area contributed by atoms with E-state index >= 15 is 0 Å². The molecule has 134 valence electrons. The molecule has 1 amide bonds. The van der Waals surface area contributed by atoms with Crippen LogP contribution in [0.3, 0.4) is 0 Å². The van der Waals surface area contributed by atoms with Crippen LogP contribution in [0.25, 0.3) is 11.0 Å². The number of amides is 1. The number of aliphatic carboxylic acids is 1. The van der Waals surface area contributed by atoms with E-state index in [-0.39, 0.29) is 16.6 Å². The summed E-state index contributed by atoms with van der Waals surface area (Å²) in [5, 5.41) is 9.15. The lowest BCUT2D eigenvalue weighted by molar-refractivity contribution is -0.141. The number of aromatic amines is 1. The number of fused-ring (bicyclic) bond motifs is 1. The van der Waals surface area contributed by atoms with E-state index in [4.69, 9.17) is 5.11 Å². The van der Waals surface area contributed by atoms with Crippen LogP contribution in [0.1, 0.15) is 23.2 Å². The molecule has 1 aliphatic rings. The van der Waals surface area contributed by atoms with Gasteiger partial charge in [0, 0.05) is 12.1 Å². The molecule has 0 bridgehead atoms. The maximum absolute atomic E-state index is 12.6. The molecule has 0 aliphatic carbocycles. The average molecular weight is 357 g/mol. The Kier molecular flexibility index (Phi) is 4.05. The zero-order chi connectivity index (χ0) is 18.4. The minimum Gasteiger partial charge on any atom is -0.480 e. The number of aromatic nitrogens is 2. The van der Waals surface area contributed by atoms with Crippen molar-refractivity contribution in [1.82, 2.24) is 14.5 Å². The maximum Gasteiger partial charge on any atom is 0.406 e. The second-order valence-corrected chi connectivity index (χ2v) is 5.86. The maximum atomic E-state index is 12.6. The van der Waals surface area contributed by atoms with Crippen molar-refractivity contribution in [1.29, 1.82) is 0 Å². The summed E-state index contributed by atoms with van der Waals surface area (Å²) in [6.45, 7) is -1.15. The number of carboxylic acids is 1. The number of hydrogen-bond acceptors (Lipinski definition) is 3. The lowest BCUT2D eigenvalue weighted by Gasteiger charge is -2.21. The molecule has 2 aromatic rings. The Morgan fingerprint density at radius 1 is 1.32 bits per heavy atom. The van der Waals surface area contributed by atoms with Crippen molar-refractivity contribution >= 4 is 22.9 Å². The predicted molar refractivity (Wildman–Crippen MR) is 80.3 cm³/mol. The number of likely N-dealkylation sites (tertiary alicyclic amines) is 1. The first-order valence-corrected chi connectivity index (χ1v) is 7.50. The number of nitrogens with one attached hydrogen (secondary N) is 1. The Labute approximate surface area is 138 Å². The second-order valence-electron chi connectivity index (χ2n) is 5.86. The van der Waals surface area contributed by atoms with Gasteiger partial charge in [0.05, 0.1) is 11.0 Å². The summed E-state index contributed by atoms with van der Waals surface area (Å²) in [5.41, 5.74) is -0.705. The molecule has 0 saturated carbocycles. The third-order valence-electron chi connectivity index (χ3n) is 4.16. The number of alkyl halides is 3. The number of carboxylic acid groups (broad SMARTS) is 1. The van der Waals surface area contributed by atoms with Crippen molar-refractivity contribution in [3.05, 3.63) is 34.2 Å². The van der Waals surface area contributed by atoms with Crippen LogP contribution in [0, 0.1) is 0 Å². The van der Waals surface area contributed by atoms with Gasteiger partial charge < -0.3 is 15.0 Å². The van der Waals surface area contributed by atoms with E-state index in [0.717, 1.165) is 0 Å². The van der Waals surface area contributed by atoms with Crippen molar-refractivity contribution < 1.29 is 27.9 Å².